The number of amides is 2. The Morgan fingerprint density at radius 3 is 2.86 bits per heavy atom. The number of aliphatic hydroxyl groups excluding tert-OH is 1. The Bertz CT molecular complexity index is 639. The number of nitrogens with one attached hydrogen (secondary N) is 2. The molecular weight excluding hydrogens is 282 g/mol. The van der Waals surface area contributed by atoms with Gasteiger partial charge in [-0.15, -0.1) is 0 Å². The van der Waals surface area contributed by atoms with E-state index in [9.17, 15) is 4.79 Å². The van der Waals surface area contributed by atoms with Gasteiger partial charge in [0, 0.05) is 18.8 Å². The van der Waals surface area contributed by atoms with Crippen LogP contribution in [0.15, 0.2) is 24.3 Å². The highest BCUT2D eigenvalue weighted by Crippen LogP contribution is 2.12. The van der Waals surface area contributed by atoms with E-state index < -0.39 is 0 Å². The van der Waals surface area contributed by atoms with Gasteiger partial charge in [-0.2, -0.15) is 5.10 Å². The summed E-state index contributed by atoms with van der Waals surface area (Å²) in [5.74, 6) is 1.60. The lowest BCUT2D eigenvalue weighted by atomic mass is 10.2. The molecule has 0 spiro atoms. The van der Waals surface area contributed by atoms with Crippen LogP contribution in [-0.4, -0.2) is 39.1 Å². The van der Waals surface area contributed by atoms with E-state index in [-0.39, 0.29) is 12.6 Å². The summed E-state index contributed by atoms with van der Waals surface area (Å²) in [6.07, 6.45) is 0.540. The van der Waals surface area contributed by atoms with Crippen LogP contribution < -0.4 is 10.6 Å². The number of urea groups is 1. The first-order valence-corrected chi connectivity index (χ1v) is 7.21. The van der Waals surface area contributed by atoms with Crippen molar-refractivity contribution in [3.63, 3.8) is 0 Å². The van der Waals surface area contributed by atoms with Crippen LogP contribution >= 0.6 is 0 Å². The minimum absolute atomic E-state index is 0.0619. The number of benzene rings is 1. The van der Waals surface area contributed by atoms with E-state index in [2.05, 4.69) is 20.7 Å². The minimum Gasteiger partial charge on any atom is -0.396 e. The molecule has 3 N–H and O–H groups in total. The molecule has 0 fully saturated rings. The van der Waals surface area contributed by atoms with Gasteiger partial charge in [-0.1, -0.05) is 12.1 Å². The largest absolute Gasteiger partial charge is 0.396 e. The third-order valence-corrected chi connectivity index (χ3v) is 3.10. The average Bonchev–Trinajstić information content (AvgIpc) is 2.77. The Labute approximate surface area is 129 Å². The first-order chi connectivity index (χ1) is 10.6. The van der Waals surface area contributed by atoms with Gasteiger partial charge in [-0.25, -0.2) is 14.5 Å². The normalized spacial score (nSPS) is 10.5. The molecule has 0 aliphatic rings. The molecular formula is C15H21N5O2. The fraction of sp³-hybridized carbons (Fsp3) is 0.400. The second kappa shape index (κ2) is 7.56. The number of carbonyl (C=O) groups excluding carboxylic acids is 1. The molecule has 0 bridgehead atoms. The molecule has 1 aromatic heterocycles. The number of aliphatic hydroxyl groups is 1. The summed E-state index contributed by atoms with van der Waals surface area (Å²) in [7, 11) is 0. The molecule has 0 unspecified atom stereocenters. The summed E-state index contributed by atoms with van der Waals surface area (Å²) in [6, 6.07) is 7.32. The van der Waals surface area contributed by atoms with Gasteiger partial charge in [0.15, 0.2) is 0 Å². The summed E-state index contributed by atoms with van der Waals surface area (Å²) in [4.78, 5) is 16.0. The van der Waals surface area contributed by atoms with Crippen LogP contribution in [0, 0.1) is 13.8 Å². The maximum Gasteiger partial charge on any atom is 0.319 e. The van der Waals surface area contributed by atoms with E-state index >= 15 is 0 Å². The second-order valence-corrected chi connectivity index (χ2v) is 5.02. The van der Waals surface area contributed by atoms with Gasteiger partial charge in [0.25, 0.3) is 0 Å². The van der Waals surface area contributed by atoms with Crippen LogP contribution in [-0.2, 0) is 6.54 Å². The Morgan fingerprint density at radius 1 is 1.36 bits per heavy atom. The summed E-state index contributed by atoms with van der Waals surface area (Å²) in [5.41, 5.74) is 1.75. The van der Waals surface area contributed by atoms with E-state index in [1.807, 2.05) is 42.8 Å². The number of aryl methyl sites for hydroxylation is 2. The van der Waals surface area contributed by atoms with Crippen molar-refractivity contribution in [3.8, 4) is 0 Å². The van der Waals surface area contributed by atoms with E-state index in [1.165, 1.54) is 0 Å². The summed E-state index contributed by atoms with van der Waals surface area (Å²) >= 11 is 0. The van der Waals surface area contributed by atoms with E-state index in [4.69, 9.17) is 5.11 Å². The molecule has 2 aromatic rings. The predicted octanol–water partition coefficient (Wildman–Crippen LogP) is 1.45. The Balaban J connectivity index is 1.98. The predicted molar refractivity (Wildman–Crippen MR) is 83.8 cm³/mol. The van der Waals surface area contributed by atoms with Gasteiger partial charge in [0.1, 0.15) is 11.6 Å². The number of nitrogens with zero attached hydrogens (tertiary/aromatic N) is 3. The third kappa shape index (κ3) is 4.56. The molecule has 0 saturated heterocycles. The van der Waals surface area contributed by atoms with Gasteiger partial charge in [-0.3, -0.25) is 0 Å². The molecule has 0 saturated carbocycles. The molecule has 1 aromatic carbocycles. The molecule has 7 nitrogen and oxygen atoms in total. The van der Waals surface area contributed by atoms with Crippen molar-refractivity contribution < 1.29 is 9.90 Å². The Kier molecular flexibility index (Phi) is 5.48. The molecule has 118 valence electrons. The van der Waals surface area contributed by atoms with Gasteiger partial charge in [-0.05, 0) is 38.0 Å². The second-order valence-electron chi connectivity index (χ2n) is 5.02. The van der Waals surface area contributed by atoms with Crippen LogP contribution in [0.5, 0.6) is 0 Å². The zero-order valence-electron chi connectivity index (χ0n) is 12.8. The van der Waals surface area contributed by atoms with Crippen LogP contribution in [0.25, 0.3) is 0 Å². The van der Waals surface area contributed by atoms with Crippen molar-refractivity contribution >= 4 is 11.7 Å². The Hall–Kier alpha value is -2.41. The van der Waals surface area contributed by atoms with Crippen molar-refractivity contribution in [1.29, 1.82) is 0 Å². The lowest BCUT2D eigenvalue weighted by molar-refractivity contribution is 0.249. The highest BCUT2D eigenvalue weighted by atomic mass is 16.3. The van der Waals surface area contributed by atoms with Crippen molar-refractivity contribution in [2.24, 2.45) is 0 Å². The Morgan fingerprint density at radius 2 is 2.18 bits per heavy atom. The lowest BCUT2D eigenvalue weighted by Gasteiger charge is -2.09. The molecule has 1 heterocycles. The maximum absolute atomic E-state index is 11.7. The molecule has 2 rings (SSSR count). The van der Waals surface area contributed by atoms with Crippen molar-refractivity contribution in [2.45, 2.75) is 26.8 Å². The molecule has 0 atom stereocenters. The number of rotatable bonds is 6. The number of hydrogen-bond acceptors (Lipinski definition) is 4. The molecule has 7 heteroatoms. The minimum atomic E-state index is -0.279. The van der Waals surface area contributed by atoms with Crippen LogP contribution in [0.2, 0.25) is 0 Å². The highest BCUT2D eigenvalue weighted by Gasteiger charge is 2.05. The van der Waals surface area contributed by atoms with Gasteiger partial charge in [0.2, 0.25) is 0 Å². The molecule has 2 amide bonds. The van der Waals surface area contributed by atoms with Crippen molar-refractivity contribution in [1.82, 2.24) is 20.1 Å². The first-order valence-electron chi connectivity index (χ1n) is 7.21. The molecule has 0 radical (unpaired) electrons. The van der Waals surface area contributed by atoms with Crippen molar-refractivity contribution in [3.05, 3.63) is 41.5 Å². The molecule has 22 heavy (non-hydrogen) atoms. The van der Waals surface area contributed by atoms with Gasteiger partial charge < -0.3 is 15.7 Å². The summed E-state index contributed by atoms with van der Waals surface area (Å²) in [5, 5.41) is 18.5. The number of aromatic nitrogens is 3. The third-order valence-electron chi connectivity index (χ3n) is 3.10. The topological polar surface area (TPSA) is 92.1 Å². The van der Waals surface area contributed by atoms with E-state index in [1.54, 1.807) is 0 Å². The van der Waals surface area contributed by atoms with Crippen molar-refractivity contribution in [2.75, 3.05) is 18.5 Å². The maximum atomic E-state index is 11.7. The number of anilines is 1. The standard InChI is InChI=1S/C15H21N5O2/c1-11-17-12(2)20(19-11)10-13-5-3-6-14(9-13)18-15(22)16-7-4-8-21/h3,5-6,9,21H,4,7-8,10H2,1-2H3,(H2,16,18,22). The van der Waals surface area contributed by atoms with E-state index in [0.29, 0.717) is 25.2 Å². The van der Waals surface area contributed by atoms with Gasteiger partial charge >= 0.3 is 6.03 Å². The quantitative estimate of drug-likeness (QED) is 0.704. The number of hydrogen-bond donors (Lipinski definition) is 3. The average molecular weight is 303 g/mol. The highest BCUT2D eigenvalue weighted by molar-refractivity contribution is 5.89. The van der Waals surface area contributed by atoms with Crippen LogP contribution in [0.1, 0.15) is 23.6 Å². The smallest absolute Gasteiger partial charge is 0.319 e. The monoisotopic (exact) mass is 303 g/mol. The van der Waals surface area contributed by atoms with Crippen LogP contribution in [0.4, 0.5) is 10.5 Å². The van der Waals surface area contributed by atoms with Crippen LogP contribution in [0.3, 0.4) is 0 Å². The summed E-state index contributed by atoms with van der Waals surface area (Å²) in [6.45, 7) is 4.88. The summed E-state index contributed by atoms with van der Waals surface area (Å²) < 4.78 is 1.83. The zero-order chi connectivity index (χ0) is 15.9. The molecule has 0 aliphatic carbocycles. The van der Waals surface area contributed by atoms with E-state index in [0.717, 1.165) is 17.2 Å². The van der Waals surface area contributed by atoms with Gasteiger partial charge in [0.05, 0.1) is 6.54 Å². The fourth-order valence-electron chi connectivity index (χ4n) is 2.09. The first kappa shape index (κ1) is 16.0. The lowest BCUT2D eigenvalue weighted by Crippen LogP contribution is -2.29. The fourth-order valence-corrected chi connectivity index (χ4v) is 2.09. The number of carbonyl (C=O) groups is 1. The molecule has 0 aliphatic heterocycles. The SMILES string of the molecule is Cc1nc(C)n(Cc2cccc(NC(=O)NCCCO)c2)n1. The zero-order valence-corrected chi connectivity index (χ0v) is 12.8.